The first-order valence-electron chi connectivity index (χ1n) is 9.55. The number of aryl methyl sites for hydroxylation is 3. The number of rotatable bonds is 4. The second kappa shape index (κ2) is 7.35. The number of benzene rings is 2. The molecule has 7 nitrogen and oxygen atoms in total. The third-order valence-corrected chi connectivity index (χ3v) is 6.98. The van der Waals surface area contributed by atoms with Crippen molar-refractivity contribution in [3.8, 4) is 11.5 Å². The fourth-order valence-corrected chi connectivity index (χ4v) is 5.79. The third-order valence-electron chi connectivity index (χ3n) is 5.16. The van der Waals surface area contributed by atoms with E-state index in [1.165, 1.54) is 0 Å². The molecule has 0 radical (unpaired) electrons. The Bertz CT molecular complexity index is 1060. The standard InChI is InChI=1S/C21H24N2O5S/c1-13-8-14(2)21(15(3)9-13)29(25,26)22-16-10-20(24)23(12-16)17-4-5-18-19(11-17)28-7-6-27-18/h4-5,8-9,11,16,22H,6-7,10,12H2,1-3H3/t16-/m1/s1. The van der Waals surface area contributed by atoms with Crippen molar-refractivity contribution >= 4 is 21.6 Å². The lowest BCUT2D eigenvalue weighted by molar-refractivity contribution is -0.117. The van der Waals surface area contributed by atoms with Gasteiger partial charge in [-0.25, -0.2) is 13.1 Å². The van der Waals surface area contributed by atoms with E-state index in [4.69, 9.17) is 9.47 Å². The van der Waals surface area contributed by atoms with Crippen molar-refractivity contribution in [2.45, 2.75) is 38.1 Å². The molecule has 2 aliphatic rings. The number of hydrogen-bond donors (Lipinski definition) is 1. The zero-order valence-corrected chi connectivity index (χ0v) is 17.5. The molecule has 0 aliphatic carbocycles. The largest absolute Gasteiger partial charge is 0.486 e. The average molecular weight is 416 g/mol. The minimum Gasteiger partial charge on any atom is -0.486 e. The van der Waals surface area contributed by atoms with Crippen LogP contribution in [0.3, 0.4) is 0 Å². The smallest absolute Gasteiger partial charge is 0.241 e. The highest BCUT2D eigenvalue weighted by Crippen LogP contribution is 2.35. The number of hydrogen-bond acceptors (Lipinski definition) is 5. The van der Waals surface area contributed by atoms with E-state index in [1.807, 2.05) is 19.1 Å². The molecule has 2 aliphatic heterocycles. The number of carbonyl (C=O) groups excluding carboxylic acids is 1. The lowest BCUT2D eigenvalue weighted by atomic mass is 10.1. The van der Waals surface area contributed by atoms with Gasteiger partial charge in [-0.1, -0.05) is 17.7 Å². The van der Waals surface area contributed by atoms with Gasteiger partial charge in [0.2, 0.25) is 15.9 Å². The number of carbonyl (C=O) groups is 1. The van der Waals surface area contributed by atoms with Crippen LogP contribution in [0.4, 0.5) is 5.69 Å². The van der Waals surface area contributed by atoms with E-state index < -0.39 is 16.1 Å². The molecule has 29 heavy (non-hydrogen) atoms. The number of nitrogens with one attached hydrogen (secondary N) is 1. The summed E-state index contributed by atoms with van der Waals surface area (Å²) in [6, 6.07) is 8.52. The third kappa shape index (κ3) is 3.82. The Balaban J connectivity index is 1.54. The molecule has 0 unspecified atom stereocenters. The molecule has 0 spiro atoms. The second-order valence-corrected chi connectivity index (χ2v) is 9.23. The maximum Gasteiger partial charge on any atom is 0.241 e. The summed E-state index contributed by atoms with van der Waals surface area (Å²) in [5, 5.41) is 0. The maximum atomic E-state index is 13.0. The molecule has 8 heteroatoms. The average Bonchev–Trinajstić information content (AvgIpc) is 2.99. The van der Waals surface area contributed by atoms with Gasteiger partial charge in [0.25, 0.3) is 0 Å². The van der Waals surface area contributed by atoms with Gasteiger partial charge in [-0.2, -0.15) is 0 Å². The highest BCUT2D eigenvalue weighted by atomic mass is 32.2. The molecule has 1 atom stereocenters. The summed E-state index contributed by atoms with van der Waals surface area (Å²) in [5.74, 6) is 1.11. The number of fused-ring (bicyclic) bond motifs is 1. The van der Waals surface area contributed by atoms with Crippen LogP contribution in [0.1, 0.15) is 23.1 Å². The molecule has 1 fully saturated rings. The topological polar surface area (TPSA) is 84.9 Å². The van der Waals surface area contributed by atoms with Crippen LogP contribution >= 0.6 is 0 Å². The van der Waals surface area contributed by atoms with Gasteiger partial charge < -0.3 is 14.4 Å². The molecule has 1 amide bonds. The Labute approximate surface area is 170 Å². The van der Waals surface area contributed by atoms with E-state index in [2.05, 4.69) is 4.72 Å². The molecule has 4 rings (SSSR count). The predicted molar refractivity (Wildman–Crippen MR) is 109 cm³/mol. The van der Waals surface area contributed by atoms with E-state index in [0.29, 0.717) is 41.5 Å². The first-order valence-corrected chi connectivity index (χ1v) is 11.0. The maximum absolute atomic E-state index is 13.0. The summed E-state index contributed by atoms with van der Waals surface area (Å²) < 4.78 is 39.8. The normalized spacial score (nSPS) is 18.9. The van der Waals surface area contributed by atoms with Crippen LogP contribution in [0, 0.1) is 20.8 Å². The monoisotopic (exact) mass is 416 g/mol. The quantitative estimate of drug-likeness (QED) is 0.828. The SMILES string of the molecule is Cc1cc(C)c(S(=O)(=O)N[C@@H]2CC(=O)N(c3ccc4c(c3)OCCO4)C2)c(C)c1. The van der Waals surface area contributed by atoms with Crippen LogP contribution in [0.25, 0.3) is 0 Å². The molecule has 0 saturated carbocycles. The molecule has 2 aromatic carbocycles. The fraction of sp³-hybridized carbons (Fsp3) is 0.381. The van der Waals surface area contributed by atoms with Crippen LogP contribution in [-0.2, 0) is 14.8 Å². The zero-order chi connectivity index (χ0) is 20.8. The number of amides is 1. The van der Waals surface area contributed by atoms with Crippen LogP contribution in [0.2, 0.25) is 0 Å². The van der Waals surface area contributed by atoms with Crippen LogP contribution < -0.4 is 19.1 Å². The van der Waals surface area contributed by atoms with Gasteiger partial charge >= 0.3 is 0 Å². The Morgan fingerprint density at radius 3 is 2.34 bits per heavy atom. The minimum atomic E-state index is -3.74. The first-order chi connectivity index (χ1) is 13.7. The molecule has 2 aromatic rings. The number of sulfonamides is 1. The van der Waals surface area contributed by atoms with Gasteiger partial charge in [0.05, 0.1) is 4.90 Å². The van der Waals surface area contributed by atoms with Crippen molar-refractivity contribution in [1.82, 2.24) is 4.72 Å². The van der Waals surface area contributed by atoms with Gasteiger partial charge in [0, 0.05) is 30.8 Å². The number of ether oxygens (including phenoxy) is 2. The minimum absolute atomic E-state index is 0.109. The summed E-state index contributed by atoms with van der Waals surface area (Å²) in [6.45, 7) is 6.73. The second-order valence-electron chi connectivity index (χ2n) is 7.58. The fourth-order valence-electron chi connectivity index (χ4n) is 4.10. The van der Waals surface area contributed by atoms with E-state index in [-0.39, 0.29) is 23.8 Å². The lowest BCUT2D eigenvalue weighted by Crippen LogP contribution is -2.37. The lowest BCUT2D eigenvalue weighted by Gasteiger charge is -2.22. The molecular weight excluding hydrogens is 392 g/mol. The molecule has 1 N–H and O–H groups in total. The van der Waals surface area contributed by atoms with Crippen LogP contribution in [-0.4, -0.2) is 40.1 Å². The van der Waals surface area contributed by atoms with Gasteiger partial charge in [0.15, 0.2) is 11.5 Å². The Hall–Kier alpha value is -2.58. The molecular formula is C21H24N2O5S. The number of anilines is 1. The Kier molecular flexibility index (Phi) is 5.00. The Morgan fingerprint density at radius 1 is 1.00 bits per heavy atom. The summed E-state index contributed by atoms with van der Waals surface area (Å²) in [4.78, 5) is 14.4. The van der Waals surface area contributed by atoms with Gasteiger partial charge in [-0.05, 0) is 44.0 Å². The molecule has 1 saturated heterocycles. The van der Waals surface area contributed by atoms with E-state index >= 15 is 0 Å². The van der Waals surface area contributed by atoms with Crippen molar-refractivity contribution in [2.24, 2.45) is 0 Å². The van der Waals surface area contributed by atoms with Crippen molar-refractivity contribution in [1.29, 1.82) is 0 Å². The van der Waals surface area contributed by atoms with Crippen molar-refractivity contribution in [3.63, 3.8) is 0 Å². The van der Waals surface area contributed by atoms with E-state index in [1.54, 1.807) is 36.9 Å². The summed E-state index contributed by atoms with van der Waals surface area (Å²) in [7, 11) is -3.74. The van der Waals surface area contributed by atoms with E-state index in [0.717, 1.165) is 5.56 Å². The number of nitrogens with zero attached hydrogens (tertiary/aromatic N) is 1. The first kappa shape index (κ1) is 19.7. The highest BCUT2D eigenvalue weighted by molar-refractivity contribution is 7.89. The van der Waals surface area contributed by atoms with Crippen LogP contribution in [0.5, 0.6) is 11.5 Å². The highest BCUT2D eigenvalue weighted by Gasteiger charge is 2.35. The van der Waals surface area contributed by atoms with Gasteiger partial charge in [-0.15, -0.1) is 0 Å². The zero-order valence-electron chi connectivity index (χ0n) is 16.7. The van der Waals surface area contributed by atoms with E-state index in [9.17, 15) is 13.2 Å². The van der Waals surface area contributed by atoms with Crippen LogP contribution in [0.15, 0.2) is 35.2 Å². The summed E-state index contributed by atoms with van der Waals surface area (Å²) >= 11 is 0. The van der Waals surface area contributed by atoms with Gasteiger partial charge in [-0.3, -0.25) is 4.79 Å². The molecule has 2 heterocycles. The van der Waals surface area contributed by atoms with Crippen molar-refractivity contribution < 1.29 is 22.7 Å². The van der Waals surface area contributed by atoms with Crippen molar-refractivity contribution in [2.75, 3.05) is 24.7 Å². The van der Waals surface area contributed by atoms with Crippen molar-refractivity contribution in [3.05, 3.63) is 47.0 Å². The van der Waals surface area contributed by atoms with Gasteiger partial charge in [0.1, 0.15) is 13.2 Å². The molecule has 0 aromatic heterocycles. The molecule has 154 valence electrons. The summed E-state index contributed by atoms with van der Waals surface area (Å²) in [5.41, 5.74) is 3.08. The predicted octanol–water partition coefficient (Wildman–Crippen LogP) is 2.47. The summed E-state index contributed by atoms with van der Waals surface area (Å²) in [6.07, 6.45) is 0.109. The Morgan fingerprint density at radius 2 is 1.66 bits per heavy atom. The molecule has 0 bridgehead atoms.